The van der Waals surface area contributed by atoms with Gasteiger partial charge in [0.15, 0.2) is 0 Å². The Morgan fingerprint density at radius 1 is 1.50 bits per heavy atom. The second-order valence-electron chi connectivity index (χ2n) is 4.63. The first-order valence-electron chi connectivity index (χ1n) is 5.32. The van der Waals surface area contributed by atoms with Crippen LogP contribution in [0.15, 0.2) is 0 Å². The monoisotopic (exact) mass is 227 g/mol. The van der Waals surface area contributed by atoms with Crippen molar-refractivity contribution in [2.75, 3.05) is 20.3 Å². The third-order valence-electron chi connectivity index (χ3n) is 1.76. The number of methoxy groups -OCH3 is 1. The molecule has 1 unspecified atom stereocenters. The summed E-state index contributed by atoms with van der Waals surface area (Å²) >= 11 is 0. The van der Waals surface area contributed by atoms with Gasteiger partial charge in [0.05, 0.1) is 19.1 Å². The van der Waals surface area contributed by atoms with E-state index < -0.39 is 6.04 Å². The Balaban J connectivity index is 3.94. The van der Waals surface area contributed by atoms with Gasteiger partial charge in [-0.3, -0.25) is 10.1 Å². The minimum Gasteiger partial charge on any atom is -0.383 e. The van der Waals surface area contributed by atoms with E-state index in [9.17, 15) is 4.79 Å². The summed E-state index contributed by atoms with van der Waals surface area (Å²) in [5, 5.41) is 14.6. The average Bonchev–Trinajstić information content (AvgIpc) is 2.13. The first kappa shape index (κ1) is 14.9. The molecule has 5 nitrogen and oxygen atoms in total. The molecule has 2 N–H and O–H groups in total. The molecule has 0 bridgehead atoms. The van der Waals surface area contributed by atoms with Gasteiger partial charge >= 0.3 is 0 Å². The van der Waals surface area contributed by atoms with Crippen LogP contribution in [0.2, 0.25) is 0 Å². The largest absolute Gasteiger partial charge is 0.383 e. The molecule has 0 aliphatic heterocycles. The van der Waals surface area contributed by atoms with E-state index >= 15 is 0 Å². The molecule has 0 saturated carbocycles. The molecule has 1 atom stereocenters. The maximum Gasteiger partial charge on any atom is 0.223 e. The van der Waals surface area contributed by atoms with Gasteiger partial charge in [0.2, 0.25) is 5.91 Å². The number of ether oxygens (including phenoxy) is 1. The van der Waals surface area contributed by atoms with Crippen molar-refractivity contribution in [1.82, 2.24) is 10.6 Å². The summed E-state index contributed by atoms with van der Waals surface area (Å²) in [4.78, 5) is 11.5. The first-order chi connectivity index (χ1) is 7.39. The quantitative estimate of drug-likeness (QED) is 0.645. The van der Waals surface area contributed by atoms with Gasteiger partial charge in [-0.1, -0.05) is 0 Å². The third kappa shape index (κ3) is 8.21. The Morgan fingerprint density at radius 2 is 2.12 bits per heavy atom. The number of rotatable bonds is 6. The maximum absolute atomic E-state index is 11.5. The minimum atomic E-state index is -0.461. The van der Waals surface area contributed by atoms with Crippen LogP contribution in [0.1, 0.15) is 27.2 Å². The number of carbonyl (C=O) groups excluding carboxylic acids is 1. The summed E-state index contributed by atoms with van der Waals surface area (Å²) in [5.41, 5.74) is -0.260. The lowest BCUT2D eigenvalue weighted by Gasteiger charge is -2.21. The minimum absolute atomic E-state index is 0.121. The van der Waals surface area contributed by atoms with Crippen LogP contribution in [-0.2, 0) is 9.53 Å². The molecular formula is C11H21N3O2. The lowest BCUT2D eigenvalue weighted by Crippen LogP contribution is -2.44. The first-order valence-corrected chi connectivity index (χ1v) is 5.32. The van der Waals surface area contributed by atoms with E-state index in [1.54, 1.807) is 7.11 Å². The van der Waals surface area contributed by atoms with Gasteiger partial charge in [-0.25, -0.2) is 0 Å². The number of hydrogen-bond donors (Lipinski definition) is 2. The zero-order chi connectivity index (χ0) is 12.6. The fourth-order valence-electron chi connectivity index (χ4n) is 1.15. The smallest absolute Gasteiger partial charge is 0.223 e. The van der Waals surface area contributed by atoms with E-state index in [0.717, 1.165) is 0 Å². The molecule has 0 saturated heterocycles. The molecule has 0 aliphatic carbocycles. The number of nitrogens with one attached hydrogen (secondary N) is 2. The molecule has 92 valence electrons. The van der Waals surface area contributed by atoms with Crippen LogP contribution in [0.25, 0.3) is 0 Å². The molecule has 0 aromatic carbocycles. The highest BCUT2D eigenvalue weighted by Crippen LogP contribution is 2.00. The Bertz CT molecular complexity index is 253. The molecule has 0 spiro atoms. The molecule has 0 aromatic heterocycles. The third-order valence-corrected chi connectivity index (χ3v) is 1.76. The summed E-state index contributed by atoms with van der Waals surface area (Å²) in [6.07, 6.45) is 0.164. The maximum atomic E-state index is 11.5. The van der Waals surface area contributed by atoms with Crippen LogP contribution >= 0.6 is 0 Å². The molecule has 0 rings (SSSR count). The molecule has 0 radical (unpaired) electrons. The van der Waals surface area contributed by atoms with E-state index in [4.69, 9.17) is 10.00 Å². The van der Waals surface area contributed by atoms with Crippen LogP contribution in [-0.4, -0.2) is 37.7 Å². The zero-order valence-electron chi connectivity index (χ0n) is 10.5. The highest BCUT2D eigenvalue weighted by atomic mass is 16.5. The summed E-state index contributed by atoms with van der Waals surface area (Å²) in [7, 11) is 1.59. The van der Waals surface area contributed by atoms with Crippen molar-refractivity contribution < 1.29 is 9.53 Å². The van der Waals surface area contributed by atoms with Crippen LogP contribution < -0.4 is 10.6 Å². The van der Waals surface area contributed by atoms with Gasteiger partial charge in [0.1, 0.15) is 6.04 Å². The summed E-state index contributed by atoms with van der Waals surface area (Å²) in [6, 6.07) is 1.59. The van der Waals surface area contributed by atoms with Crippen molar-refractivity contribution >= 4 is 5.91 Å². The van der Waals surface area contributed by atoms with Crippen molar-refractivity contribution in [3.8, 4) is 6.07 Å². The van der Waals surface area contributed by atoms with Crippen molar-refractivity contribution in [3.63, 3.8) is 0 Å². The molecule has 5 heteroatoms. The van der Waals surface area contributed by atoms with Crippen LogP contribution in [0.4, 0.5) is 0 Å². The second kappa shape index (κ2) is 7.20. The lowest BCUT2D eigenvalue weighted by atomic mass is 10.1. The van der Waals surface area contributed by atoms with Crippen LogP contribution in [0, 0.1) is 11.3 Å². The number of nitriles is 1. The molecular weight excluding hydrogens is 206 g/mol. The highest BCUT2D eigenvalue weighted by Gasteiger charge is 2.17. The van der Waals surface area contributed by atoms with Crippen LogP contribution in [0.3, 0.4) is 0 Å². The van der Waals surface area contributed by atoms with Gasteiger partial charge in [-0.2, -0.15) is 5.26 Å². The average molecular weight is 227 g/mol. The normalized spacial score (nSPS) is 12.9. The second-order valence-corrected chi connectivity index (χ2v) is 4.63. The molecule has 0 aromatic rings. The Labute approximate surface area is 97.2 Å². The van der Waals surface area contributed by atoms with Gasteiger partial charge < -0.3 is 10.1 Å². The Hall–Kier alpha value is -1.12. The number of nitrogens with zero attached hydrogens (tertiary/aromatic N) is 1. The van der Waals surface area contributed by atoms with E-state index in [-0.39, 0.29) is 17.9 Å². The number of carbonyl (C=O) groups is 1. The van der Waals surface area contributed by atoms with Crippen molar-refractivity contribution in [1.29, 1.82) is 5.26 Å². The van der Waals surface area contributed by atoms with Crippen molar-refractivity contribution in [2.45, 2.75) is 38.8 Å². The van der Waals surface area contributed by atoms with Gasteiger partial charge in [0, 0.05) is 19.2 Å². The van der Waals surface area contributed by atoms with E-state index in [2.05, 4.69) is 16.7 Å². The Kier molecular flexibility index (Phi) is 6.70. The standard InChI is InChI=1S/C11H21N3O2/c1-11(2,3)14-10(15)7-9(8-12)13-5-6-16-4/h9,13H,5-7H2,1-4H3,(H,14,15). The number of hydrogen-bond acceptors (Lipinski definition) is 4. The van der Waals surface area contributed by atoms with Gasteiger partial charge in [0.25, 0.3) is 0 Å². The van der Waals surface area contributed by atoms with Crippen LogP contribution in [0.5, 0.6) is 0 Å². The predicted octanol–water partition coefficient (Wildman–Crippen LogP) is 0.419. The topological polar surface area (TPSA) is 74.1 Å². The molecule has 0 fully saturated rings. The van der Waals surface area contributed by atoms with Gasteiger partial charge in [-0.05, 0) is 20.8 Å². The molecule has 1 amide bonds. The van der Waals surface area contributed by atoms with Gasteiger partial charge in [-0.15, -0.1) is 0 Å². The SMILES string of the molecule is COCCNC(C#N)CC(=O)NC(C)(C)C. The van der Waals surface area contributed by atoms with Crippen molar-refractivity contribution in [2.24, 2.45) is 0 Å². The molecule has 16 heavy (non-hydrogen) atoms. The summed E-state index contributed by atoms with van der Waals surface area (Å²) < 4.78 is 4.85. The summed E-state index contributed by atoms with van der Waals surface area (Å²) in [6.45, 7) is 6.82. The lowest BCUT2D eigenvalue weighted by molar-refractivity contribution is -0.122. The highest BCUT2D eigenvalue weighted by molar-refractivity contribution is 5.77. The predicted molar refractivity (Wildman–Crippen MR) is 61.8 cm³/mol. The Morgan fingerprint density at radius 3 is 2.56 bits per heavy atom. The molecule has 0 heterocycles. The zero-order valence-corrected chi connectivity index (χ0v) is 10.5. The van der Waals surface area contributed by atoms with Crippen molar-refractivity contribution in [3.05, 3.63) is 0 Å². The fraction of sp³-hybridized carbons (Fsp3) is 0.818. The van der Waals surface area contributed by atoms with E-state index in [1.807, 2.05) is 20.8 Å². The number of amides is 1. The molecule has 0 aliphatic rings. The van der Waals surface area contributed by atoms with E-state index in [1.165, 1.54) is 0 Å². The van der Waals surface area contributed by atoms with E-state index in [0.29, 0.717) is 13.2 Å². The summed E-state index contributed by atoms with van der Waals surface area (Å²) in [5.74, 6) is -0.121. The fourth-order valence-corrected chi connectivity index (χ4v) is 1.15.